The largest absolute Gasteiger partial charge is 0.495 e. The maximum Gasteiger partial charge on any atom is 0.242 e. The van der Waals surface area contributed by atoms with Crippen molar-refractivity contribution in [1.29, 1.82) is 0 Å². The molecule has 0 bridgehead atoms. The van der Waals surface area contributed by atoms with Crippen molar-refractivity contribution in [2.24, 2.45) is 0 Å². The molecule has 1 saturated heterocycles. The summed E-state index contributed by atoms with van der Waals surface area (Å²) < 4.78 is 5.42. The Balaban J connectivity index is 1.41. The zero-order chi connectivity index (χ0) is 21.3. The van der Waals surface area contributed by atoms with Gasteiger partial charge in [0.25, 0.3) is 0 Å². The number of aryl methyl sites for hydroxylation is 2. The highest BCUT2D eigenvalue weighted by Crippen LogP contribution is 2.33. The summed E-state index contributed by atoms with van der Waals surface area (Å²) in [5.41, 5.74) is 5.15. The molecule has 7 heteroatoms. The van der Waals surface area contributed by atoms with Crippen LogP contribution in [0.3, 0.4) is 0 Å². The molecular weight excluding hydrogens is 378 g/mol. The Morgan fingerprint density at radius 1 is 1.27 bits per heavy atom. The van der Waals surface area contributed by atoms with Crippen molar-refractivity contribution >= 4 is 22.6 Å². The summed E-state index contributed by atoms with van der Waals surface area (Å²) in [6.07, 6.45) is 3.82. The molecule has 3 heterocycles. The third kappa shape index (κ3) is 3.84. The molecule has 1 N–H and O–H groups in total. The number of methoxy groups -OCH3 is 1. The Kier molecular flexibility index (Phi) is 5.61. The minimum absolute atomic E-state index is 0.143. The van der Waals surface area contributed by atoms with Crippen molar-refractivity contribution in [3.8, 4) is 5.75 Å². The van der Waals surface area contributed by atoms with Crippen molar-refractivity contribution in [2.45, 2.75) is 32.6 Å². The number of amides is 1. The third-order valence-electron chi connectivity index (χ3n) is 6.01. The number of benzene rings is 1. The molecule has 0 saturated carbocycles. The van der Waals surface area contributed by atoms with Crippen LogP contribution >= 0.6 is 0 Å². The first kappa shape index (κ1) is 20.2. The monoisotopic (exact) mass is 407 g/mol. The van der Waals surface area contributed by atoms with Crippen LogP contribution in [0.5, 0.6) is 5.75 Å². The van der Waals surface area contributed by atoms with E-state index in [1.807, 2.05) is 61.2 Å². The van der Waals surface area contributed by atoms with Gasteiger partial charge in [-0.1, -0.05) is 12.1 Å². The van der Waals surface area contributed by atoms with Gasteiger partial charge in [0.2, 0.25) is 5.91 Å². The summed E-state index contributed by atoms with van der Waals surface area (Å²) in [6, 6.07) is 7.77. The number of rotatable bonds is 5. The number of aromatic amines is 1. The predicted molar refractivity (Wildman–Crippen MR) is 118 cm³/mol. The number of nitrogens with zero attached hydrogens (tertiary/aromatic N) is 4. The number of H-pyrrole nitrogens is 1. The van der Waals surface area contributed by atoms with Gasteiger partial charge in [-0.25, -0.2) is 4.98 Å². The van der Waals surface area contributed by atoms with Crippen LogP contribution in [0.2, 0.25) is 0 Å². The van der Waals surface area contributed by atoms with E-state index < -0.39 is 0 Å². The quantitative estimate of drug-likeness (QED) is 0.701. The number of likely N-dealkylation sites (tertiary alicyclic amines) is 1. The van der Waals surface area contributed by atoms with Gasteiger partial charge in [-0.05, 0) is 44.7 Å². The van der Waals surface area contributed by atoms with Gasteiger partial charge in [0.1, 0.15) is 11.6 Å². The second-order valence-electron chi connectivity index (χ2n) is 8.03. The second-order valence-corrected chi connectivity index (χ2v) is 8.03. The number of anilines is 1. The van der Waals surface area contributed by atoms with Gasteiger partial charge >= 0.3 is 0 Å². The third-order valence-corrected chi connectivity index (χ3v) is 6.01. The van der Waals surface area contributed by atoms with Crippen LogP contribution in [0.15, 0.2) is 30.5 Å². The first-order valence-corrected chi connectivity index (χ1v) is 10.4. The van der Waals surface area contributed by atoms with Crippen molar-refractivity contribution in [3.63, 3.8) is 0 Å². The number of para-hydroxylation sites is 2. The van der Waals surface area contributed by atoms with Gasteiger partial charge in [-0.2, -0.15) is 0 Å². The van der Waals surface area contributed by atoms with Crippen molar-refractivity contribution < 1.29 is 9.53 Å². The number of carbonyl (C=O) groups is 1. The molecule has 4 rings (SSSR count). The maximum atomic E-state index is 12.9. The smallest absolute Gasteiger partial charge is 0.242 e. The molecule has 0 atom stereocenters. The fourth-order valence-electron chi connectivity index (χ4n) is 4.33. The van der Waals surface area contributed by atoms with E-state index in [9.17, 15) is 4.79 Å². The van der Waals surface area contributed by atoms with Gasteiger partial charge < -0.3 is 19.5 Å². The molecule has 30 heavy (non-hydrogen) atoms. The van der Waals surface area contributed by atoms with Crippen molar-refractivity contribution in [2.75, 3.05) is 38.7 Å². The molecule has 1 aliphatic rings. The molecule has 158 valence electrons. The van der Waals surface area contributed by atoms with Gasteiger partial charge in [-0.15, -0.1) is 0 Å². The van der Waals surface area contributed by atoms with Crippen LogP contribution in [-0.2, 0) is 4.79 Å². The van der Waals surface area contributed by atoms with E-state index in [4.69, 9.17) is 9.72 Å². The molecule has 7 nitrogen and oxygen atoms in total. The van der Waals surface area contributed by atoms with E-state index in [1.165, 1.54) is 5.56 Å². The summed E-state index contributed by atoms with van der Waals surface area (Å²) in [4.78, 5) is 29.4. The van der Waals surface area contributed by atoms with E-state index in [0.29, 0.717) is 12.5 Å². The van der Waals surface area contributed by atoms with Crippen molar-refractivity contribution in [3.05, 3.63) is 47.5 Å². The lowest BCUT2D eigenvalue weighted by Gasteiger charge is -2.33. The average Bonchev–Trinajstić information content (AvgIpc) is 3.16. The molecule has 1 fully saturated rings. The van der Waals surface area contributed by atoms with E-state index in [0.717, 1.165) is 59.9 Å². The van der Waals surface area contributed by atoms with Gasteiger partial charge in [0, 0.05) is 31.9 Å². The predicted octanol–water partition coefficient (Wildman–Crippen LogP) is 3.43. The molecule has 0 aliphatic carbocycles. The number of nitrogens with one attached hydrogen (secondary N) is 1. The molecule has 2 aromatic heterocycles. The summed E-state index contributed by atoms with van der Waals surface area (Å²) >= 11 is 0. The fraction of sp³-hybridized carbons (Fsp3) is 0.435. The van der Waals surface area contributed by atoms with E-state index >= 15 is 0 Å². The standard InChI is InChI=1S/C23H29N5O2/c1-15-22-23(26-16(2)25-22)18(13-24-15)17-9-11-28(12-10-17)21(29)14-27(3)19-7-5-6-8-20(19)30-4/h5-8,13,17H,9-12,14H2,1-4H3,(H,25,26). The summed E-state index contributed by atoms with van der Waals surface area (Å²) in [7, 11) is 3.58. The molecule has 1 aliphatic heterocycles. The Morgan fingerprint density at radius 2 is 2.00 bits per heavy atom. The molecule has 1 amide bonds. The Hall–Kier alpha value is -3.09. The minimum atomic E-state index is 0.143. The number of ether oxygens (including phenoxy) is 1. The zero-order valence-electron chi connectivity index (χ0n) is 18.1. The first-order valence-electron chi connectivity index (χ1n) is 10.4. The van der Waals surface area contributed by atoms with Crippen LogP contribution in [0.4, 0.5) is 5.69 Å². The highest BCUT2D eigenvalue weighted by Gasteiger charge is 2.27. The van der Waals surface area contributed by atoms with Crippen LogP contribution in [0.25, 0.3) is 11.0 Å². The number of piperidine rings is 1. The fourth-order valence-corrected chi connectivity index (χ4v) is 4.33. The van der Waals surface area contributed by atoms with Crippen LogP contribution in [0, 0.1) is 13.8 Å². The van der Waals surface area contributed by atoms with E-state index in [2.05, 4.69) is 9.97 Å². The number of imidazole rings is 1. The lowest BCUT2D eigenvalue weighted by Crippen LogP contribution is -2.43. The van der Waals surface area contributed by atoms with E-state index in [1.54, 1.807) is 7.11 Å². The van der Waals surface area contributed by atoms with Crippen LogP contribution in [-0.4, -0.2) is 59.6 Å². The SMILES string of the molecule is COc1ccccc1N(C)CC(=O)N1CCC(c2cnc(C)c3[nH]c(C)nc23)CC1. The number of aromatic nitrogens is 3. The summed E-state index contributed by atoms with van der Waals surface area (Å²) in [5, 5.41) is 0. The van der Waals surface area contributed by atoms with Gasteiger partial charge in [0.05, 0.1) is 36.1 Å². The zero-order valence-corrected chi connectivity index (χ0v) is 18.1. The number of pyridine rings is 1. The topological polar surface area (TPSA) is 74.3 Å². The Morgan fingerprint density at radius 3 is 2.73 bits per heavy atom. The highest BCUT2D eigenvalue weighted by molar-refractivity contribution is 5.83. The lowest BCUT2D eigenvalue weighted by molar-refractivity contribution is -0.130. The van der Waals surface area contributed by atoms with Gasteiger partial charge in [0.15, 0.2) is 0 Å². The molecular formula is C23H29N5O2. The van der Waals surface area contributed by atoms with Crippen molar-refractivity contribution in [1.82, 2.24) is 19.9 Å². The minimum Gasteiger partial charge on any atom is -0.495 e. The van der Waals surface area contributed by atoms with E-state index in [-0.39, 0.29) is 5.91 Å². The number of hydrogen-bond donors (Lipinski definition) is 1. The molecule has 0 unspecified atom stereocenters. The van der Waals surface area contributed by atoms with Gasteiger partial charge in [-0.3, -0.25) is 9.78 Å². The summed E-state index contributed by atoms with van der Waals surface area (Å²) in [6.45, 7) is 5.82. The molecule has 0 radical (unpaired) electrons. The number of carbonyl (C=O) groups excluding carboxylic acids is 1. The lowest BCUT2D eigenvalue weighted by atomic mass is 9.89. The Bertz CT molecular complexity index is 1050. The number of hydrogen-bond acceptors (Lipinski definition) is 5. The molecule has 0 spiro atoms. The molecule has 3 aromatic rings. The Labute approximate surface area is 177 Å². The van der Waals surface area contributed by atoms with Crippen LogP contribution in [0.1, 0.15) is 35.8 Å². The summed E-state index contributed by atoms with van der Waals surface area (Å²) in [5.74, 6) is 2.20. The maximum absolute atomic E-state index is 12.9. The molecule has 1 aromatic carbocycles. The first-order chi connectivity index (χ1) is 14.5. The highest BCUT2D eigenvalue weighted by atomic mass is 16.5. The number of fused-ring (bicyclic) bond motifs is 1. The second kappa shape index (κ2) is 8.34. The number of likely N-dealkylation sites (N-methyl/N-ethyl adjacent to an activating group) is 1. The normalized spacial score (nSPS) is 14.9. The van der Waals surface area contributed by atoms with Crippen LogP contribution < -0.4 is 9.64 Å². The average molecular weight is 408 g/mol.